The molecule has 0 bridgehead atoms. The average Bonchev–Trinajstić information content (AvgIpc) is 3.32. The van der Waals surface area contributed by atoms with Crippen LogP contribution in [0.1, 0.15) is 35.1 Å². The molecule has 1 N–H and O–H groups in total. The molecule has 2 aromatic rings. The van der Waals surface area contributed by atoms with Gasteiger partial charge in [-0.05, 0) is 45.0 Å². The van der Waals surface area contributed by atoms with E-state index in [1.165, 1.54) is 12.8 Å². The number of likely N-dealkylation sites (tertiary alicyclic amines) is 1. The molecule has 3 rings (SSSR count). The summed E-state index contributed by atoms with van der Waals surface area (Å²) in [5.74, 6) is 0.766. The summed E-state index contributed by atoms with van der Waals surface area (Å²) in [6.07, 6.45) is 5.70. The first-order valence-corrected chi connectivity index (χ1v) is 9.80. The van der Waals surface area contributed by atoms with Gasteiger partial charge in [-0.1, -0.05) is 18.2 Å². The summed E-state index contributed by atoms with van der Waals surface area (Å²) in [6, 6.07) is 8.17. The Morgan fingerprint density at radius 3 is 2.85 bits per heavy atom. The van der Waals surface area contributed by atoms with Crippen molar-refractivity contribution in [1.29, 1.82) is 0 Å². The summed E-state index contributed by atoms with van der Waals surface area (Å²) in [4.78, 5) is 19.0. The molecular formula is C20H25N3O2S. The van der Waals surface area contributed by atoms with E-state index in [9.17, 15) is 4.79 Å². The van der Waals surface area contributed by atoms with Crippen LogP contribution in [0.3, 0.4) is 0 Å². The van der Waals surface area contributed by atoms with Gasteiger partial charge < -0.3 is 10.1 Å². The quantitative estimate of drug-likeness (QED) is 0.758. The third-order valence-electron chi connectivity index (χ3n) is 4.59. The van der Waals surface area contributed by atoms with Gasteiger partial charge in [0.05, 0.1) is 23.9 Å². The maximum Gasteiger partial charge on any atom is 0.244 e. The highest BCUT2D eigenvalue weighted by atomic mass is 32.1. The van der Waals surface area contributed by atoms with Gasteiger partial charge in [0.25, 0.3) is 0 Å². The number of ether oxygens (including phenoxy) is 1. The van der Waals surface area contributed by atoms with Crippen LogP contribution < -0.4 is 10.1 Å². The highest BCUT2D eigenvalue weighted by Crippen LogP contribution is 2.31. The Morgan fingerprint density at radius 1 is 1.38 bits per heavy atom. The van der Waals surface area contributed by atoms with Gasteiger partial charge in [-0.3, -0.25) is 9.69 Å². The lowest BCUT2D eigenvalue weighted by Crippen LogP contribution is -2.36. The van der Waals surface area contributed by atoms with Crippen molar-refractivity contribution in [2.75, 3.05) is 26.7 Å². The molecular weight excluding hydrogens is 346 g/mol. The second-order valence-electron chi connectivity index (χ2n) is 6.37. The number of para-hydroxylation sites is 1. The van der Waals surface area contributed by atoms with Gasteiger partial charge in [-0.15, -0.1) is 11.3 Å². The van der Waals surface area contributed by atoms with Crippen molar-refractivity contribution in [2.45, 2.75) is 25.8 Å². The maximum atomic E-state index is 12.3. The monoisotopic (exact) mass is 371 g/mol. The minimum atomic E-state index is -0.102. The van der Waals surface area contributed by atoms with Gasteiger partial charge in [0.15, 0.2) is 0 Å². The molecule has 1 saturated heterocycles. The molecule has 1 unspecified atom stereocenters. The maximum absolute atomic E-state index is 12.3. The lowest BCUT2D eigenvalue weighted by atomic mass is 10.0. The van der Waals surface area contributed by atoms with E-state index in [1.54, 1.807) is 30.6 Å². The van der Waals surface area contributed by atoms with E-state index in [4.69, 9.17) is 4.74 Å². The van der Waals surface area contributed by atoms with E-state index in [1.807, 2.05) is 30.5 Å². The van der Waals surface area contributed by atoms with Gasteiger partial charge in [-0.25, -0.2) is 4.98 Å². The Balaban J connectivity index is 1.68. The van der Waals surface area contributed by atoms with Crippen LogP contribution in [0, 0.1) is 6.92 Å². The predicted octanol–water partition coefficient (Wildman–Crippen LogP) is 3.43. The van der Waals surface area contributed by atoms with Crippen LogP contribution >= 0.6 is 11.3 Å². The predicted molar refractivity (Wildman–Crippen MR) is 105 cm³/mol. The molecule has 1 atom stereocenters. The van der Waals surface area contributed by atoms with E-state index in [0.717, 1.165) is 35.1 Å². The largest absolute Gasteiger partial charge is 0.496 e. The lowest BCUT2D eigenvalue weighted by Gasteiger charge is -2.29. The van der Waals surface area contributed by atoms with Gasteiger partial charge in [0.1, 0.15) is 5.75 Å². The number of hydrogen-bond acceptors (Lipinski definition) is 5. The number of thiazole rings is 1. The molecule has 1 aliphatic heterocycles. The number of carbonyl (C=O) groups excluding carboxylic acids is 1. The average molecular weight is 372 g/mol. The van der Waals surface area contributed by atoms with Crippen LogP contribution in [-0.2, 0) is 4.79 Å². The molecule has 0 saturated carbocycles. The number of rotatable bonds is 7. The molecule has 2 heterocycles. The smallest absolute Gasteiger partial charge is 0.244 e. The lowest BCUT2D eigenvalue weighted by molar-refractivity contribution is -0.116. The highest BCUT2D eigenvalue weighted by Gasteiger charge is 2.25. The molecule has 26 heavy (non-hydrogen) atoms. The third kappa shape index (κ3) is 4.71. The molecule has 6 heteroatoms. The number of nitrogens with one attached hydrogen (secondary N) is 1. The molecule has 0 radical (unpaired) electrons. The first-order valence-electron chi connectivity index (χ1n) is 8.92. The first-order chi connectivity index (χ1) is 12.7. The van der Waals surface area contributed by atoms with Crippen molar-refractivity contribution in [3.63, 3.8) is 0 Å². The van der Waals surface area contributed by atoms with Crippen molar-refractivity contribution < 1.29 is 9.53 Å². The van der Waals surface area contributed by atoms with Crippen LogP contribution in [-0.4, -0.2) is 42.5 Å². The Labute approximate surface area is 158 Å². The summed E-state index contributed by atoms with van der Waals surface area (Å²) >= 11 is 1.58. The molecule has 0 spiro atoms. The first kappa shape index (κ1) is 18.6. The van der Waals surface area contributed by atoms with Crippen molar-refractivity contribution in [3.05, 3.63) is 52.0 Å². The second kappa shape index (κ2) is 8.96. The standard InChI is InChI=1S/C20H25N3O2S/c1-15-22-16(14-26-15)9-10-20(24)21-13-18(23-11-5-6-12-23)17-7-3-4-8-19(17)25-2/h3-4,7-10,14,18H,5-6,11-13H2,1-2H3,(H,21,24)/b10-9+. The van der Waals surface area contributed by atoms with Crippen LogP contribution in [0.2, 0.25) is 0 Å². The molecule has 5 nitrogen and oxygen atoms in total. The Morgan fingerprint density at radius 2 is 2.15 bits per heavy atom. The molecule has 1 fully saturated rings. The molecule has 0 aliphatic carbocycles. The van der Waals surface area contributed by atoms with Gasteiger partial charge in [-0.2, -0.15) is 0 Å². The van der Waals surface area contributed by atoms with Crippen LogP contribution in [0.4, 0.5) is 0 Å². The Kier molecular flexibility index (Phi) is 6.41. The minimum absolute atomic E-state index is 0.102. The van der Waals surface area contributed by atoms with Gasteiger partial charge in [0, 0.05) is 23.6 Å². The molecule has 1 aromatic heterocycles. The molecule has 1 amide bonds. The fourth-order valence-electron chi connectivity index (χ4n) is 3.30. The van der Waals surface area contributed by atoms with E-state index in [0.29, 0.717) is 6.54 Å². The van der Waals surface area contributed by atoms with Crippen molar-refractivity contribution >= 4 is 23.3 Å². The summed E-state index contributed by atoms with van der Waals surface area (Å²) in [7, 11) is 1.69. The zero-order valence-corrected chi connectivity index (χ0v) is 16.1. The van der Waals surface area contributed by atoms with Crippen LogP contribution in [0.25, 0.3) is 6.08 Å². The number of carbonyl (C=O) groups is 1. The minimum Gasteiger partial charge on any atom is -0.496 e. The number of hydrogen-bond donors (Lipinski definition) is 1. The Bertz CT molecular complexity index is 766. The van der Waals surface area contributed by atoms with E-state index in [2.05, 4.69) is 21.3 Å². The summed E-state index contributed by atoms with van der Waals surface area (Å²) in [6.45, 7) is 4.61. The number of aryl methyl sites for hydroxylation is 1. The highest BCUT2D eigenvalue weighted by molar-refractivity contribution is 7.09. The topological polar surface area (TPSA) is 54.5 Å². The number of nitrogens with zero attached hydrogens (tertiary/aromatic N) is 2. The molecule has 1 aromatic carbocycles. The van der Waals surface area contributed by atoms with E-state index in [-0.39, 0.29) is 11.9 Å². The van der Waals surface area contributed by atoms with Crippen molar-refractivity contribution in [2.24, 2.45) is 0 Å². The second-order valence-corrected chi connectivity index (χ2v) is 7.43. The van der Waals surface area contributed by atoms with Crippen LogP contribution in [0.5, 0.6) is 5.75 Å². The van der Waals surface area contributed by atoms with Crippen LogP contribution in [0.15, 0.2) is 35.7 Å². The summed E-state index contributed by atoms with van der Waals surface area (Å²) in [5, 5.41) is 5.98. The number of benzene rings is 1. The van der Waals surface area contributed by atoms with E-state index < -0.39 is 0 Å². The number of aromatic nitrogens is 1. The van der Waals surface area contributed by atoms with E-state index >= 15 is 0 Å². The molecule has 138 valence electrons. The molecule has 1 aliphatic rings. The summed E-state index contributed by atoms with van der Waals surface area (Å²) < 4.78 is 5.54. The van der Waals surface area contributed by atoms with Crippen molar-refractivity contribution in [3.8, 4) is 5.75 Å². The Hall–Kier alpha value is -2.18. The fraction of sp³-hybridized carbons (Fsp3) is 0.400. The number of amides is 1. The number of methoxy groups -OCH3 is 1. The normalized spacial score (nSPS) is 16.1. The zero-order valence-electron chi connectivity index (χ0n) is 15.3. The fourth-order valence-corrected chi connectivity index (χ4v) is 3.89. The van der Waals surface area contributed by atoms with Gasteiger partial charge in [0.2, 0.25) is 5.91 Å². The summed E-state index contributed by atoms with van der Waals surface area (Å²) in [5.41, 5.74) is 1.94. The SMILES string of the molecule is COc1ccccc1C(CNC(=O)/C=C/c1csc(C)n1)N1CCCC1. The van der Waals surface area contributed by atoms with Crippen molar-refractivity contribution in [1.82, 2.24) is 15.2 Å². The third-order valence-corrected chi connectivity index (χ3v) is 5.38. The zero-order chi connectivity index (χ0) is 18.4. The van der Waals surface area contributed by atoms with Gasteiger partial charge >= 0.3 is 0 Å².